The first-order valence-corrected chi connectivity index (χ1v) is 10.5. The Kier molecular flexibility index (Phi) is 4.64. The molecule has 0 aliphatic carbocycles. The molecule has 0 unspecified atom stereocenters. The van der Waals surface area contributed by atoms with Gasteiger partial charge in [0.2, 0.25) is 0 Å². The SMILES string of the molecule is CN1Cc2nn(C)cc2-c2cnc(N)c(c2)N2CCCC[C@@H]2c2cc(F)ccc2C1=O. The molecule has 2 aromatic heterocycles. The number of carbonyl (C=O) groups is 1. The number of hydrogen-bond acceptors (Lipinski definition) is 5. The molecule has 2 N–H and O–H groups in total. The summed E-state index contributed by atoms with van der Waals surface area (Å²) in [5.74, 6) is -0.0642. The van der Waals surface area contributed by atoms with E-state index in [-0.39, 0.29) is 17.8 Å². The molecule has 160 valence electrons. The van der Waals surface area contributed by atoms with Gasteiger partial charge in [-0.1, -0.05) is 0 Å². The molecule has 1 aromatic carbocycles. The number of aryl methyl sites for hydroxylation is 1. The highest BCUT2D eigenvalue weighted by molar-refractivity contribution is 5.96. The number of nitrogens with zero attached hydrogens (tertiary/aromatic N) is 5. The summed E-state index contributed by atoms with van der Waals surface area (Å²) in [4.78, 5) is 21.7. The van der Waals surface area contributed by atoms with Crippen LogP contribution in [0.25, 0.3) is 11.1 Å². The standard InChI is InChI=1S/C23H25FN6O/c1-28-13-19-18(12-29(2)27-19)14-9-21(22(25)26-11-14)30-8-4-3-5-20(30)17-10-15(24)6-7-16(17)23(28)31/h6-7,9-12,20H,3-5,8,13H2,1-2H3,(H2,25,26)/t20-/m1/s1. The van der Waals surface area contributed by atoms with Gasteiger partial charge in [0.15, 0.2) is 0 Å². The molecule has 8 heteroatoms. The van der Waals surface area contributed by atoms with Crippen LogP contribution in [-0.2, 0) is 13.6 Å². The molecule has 5 rings (SSSR count). The maximum atomic E-state index is 14.3. The Bertz CT molecular complexity index is 1170. The summed E-state index contributed by atoms with van der Waals surface area (Å²) in [7, 11) is 3.61. The summed E-state index contributed by atoms with van der Waals surface area (Å²) < 4.78 is 16.1. The first-order chi connectivity index (χ1) is 14.9. The number of aromatic nitrogens is 3. The lowest BCUT2D eigenvalue weighted by Crippen LogP contribution is -2.36. The summed E-state index contributed by atoms with van der Waals surface area (Å²) in [6.45, 7) is 1.10. The van der Waals surface area contributed by atoms with E-state index >= 15 is 0 Å². The molecule has 2 aliphatic heterocycles. The van der Waals surface area contributed by atoms with Crippen molar-refractivity contribution in [2.45, 2.75) is 31.8 Å². The van der Waals surface area contributed by atoms with E-state index in [0.717, 1.165) is 48.3 Å². The monoisotopic (exact) mass is 420 g/mol. The minimum atomic E-state index is -0.348. The molecule has 0 saturated carbocycles. The van der Waals surface area contributed by atoms with E-state index in [0.29, 0.717) is 23.5 Å². The summed E-state index contributed by atoms with van der Waals surface area (Å²) in [6.07, 6.45) is 6.50. The van der Waals surface area contributed by atoms with Gasteiger partial charge in [-0.3, -0.25) is 9.48 Å². The largest absolute Gasteiger partial charge is 0.382 e. The van der Waals surface area contributed by atoms with Crippen LogP contribution in [-0.4, -0.2) is 39.2 Å². The molecule has 1 saturated heterocycles. The van der Waals surface area contributed by atoms with Gasteiger partial charge < -0.3 is 15.5 Å². The highest BCUT2D eigenvalue weighted by atomic mass is 19.1. The van der Waals surface area contributed by atoms with Crippen molar-refractivity contribution >= 4 is 17.4 Å². The first kappa shape index (κ1) is 19.5. The fourth-order valence-electron chi connectivity index (χ4n) is 4.78. The van der Waals surface area contributed by atoms with Gasteiger partial charge in [-0.25, -0.2) is 9.37 Å². The van der Waals surface area contributed by atoms with Crippen LogP contribution in [0.5, 0.6) is 0 Å². The van der Waals surface area contributed by atoms with Gasteiger partial charge in [-0.05, 0) is 49.1 Å². The zero-order valence-electron chi connectivity index (χ0n) is 17.7. The van der Waals surface area contributed by atoms with Crippen molar-refractivity contribution < 1.29 is 9.18 Å². The molecule has 4 heterocycles. The van der Waals surface area contributed by atoms with Gasteiger partial charge in [0.05, 0.1) is 24.0 Å². The topological polar surface area (TPSA) is 80.3 Å². The Labute approximate surface area is 180 Å². The fourth-order valence-corrected chi connectivity index (χ4v) is 4.78. The molecule has 1 amide bonds. The Balaban J connectivity index is 1.78. The number of halogens is 1. The van der Waals surface area contributed by atoms with E-state index in [1.807, 2.05) is 19.3 Å². The molecule has 7 nitrogen and oxygen atoms in total. The van der Waals surface area contributed by atoms with Crippen molar-refractivity contribution in [1.29, 1.82) is 0 Å². The number of benzene rings is 1. The number of nitrogens with two attached hydrogens (primary N) is 1. The second kappa shape index (κ2) is 7.37. The molecule has 31 heavy (non-hydrogen) atoms. The van der Waals surface area contributed by atoms with Crippen molar-refractivity contribution in [3.63, 3.8) is 0 Å². The van der Waals surface area contributed by atoms with E-state index in [9.17, 15) is 9.18 Å². The van der Waals surface area contributed by atoms with E-state index in [1.165, 1.54) is 12.1 Å². The second-order valence-electron chi connectivity index (χ2n) is 8.39. The van der Waals surface area contributed by atoms with Gasteiger partial charge in [0.1, 0.15) is 11.6 Å². The van der Waals surface area contributed by atoms with Gasteiger partial charge in [0.25, 0.3) is 5.91 Å². The smallest absolute Gasteiger partial charge is 0.254 e. The first-order valence-electron chi connectivity index (χ1n) is 10.5. The lowest BCUT2D eigenvalue weighted by atomic mass is 9.90. The molecule has 2 bridgehead atoms. The molecule has 1 atom stereocenters. The molecule has 2 aliphatic rings. The number of pyridine rings is 1. The van der Waals surface area contributed by atoms with Crippen LogP contribution in [0.2, 0.25) is 0 Å². The highest BCUT2D eigenvalue weighted by Crippen LogP contribution is 2.41. The van der Waals surface area contributed by atoms with E-state index in [2.05, 4.69) is 15.0 Å². The lowest BCUT2D eigenvalue weighted by molar-refractivity contribution is 0.0781. The van der Waals surface area contributed by atoms with E-state index in [4.69, 9.17) is 5.73 Å². The number of rotatable bonds is 0. The number of anilines is 2. The van der Waals surface area contributed by atoms with Crippen molar-refractivity contribution in [2.24, 2.45) is 7.05 Å². The highest BCUT2D eigenvalue weighted by Gasteiger charge is 2.31. The molecule has 1 fully saturated rings. The zero-order valence-corrected chi connectivity index (χ0v) is 17.7. The molecular weight excluding hydrogens is 395 g/mol. The molecule has 3 aromatic rings. The molecular formula is C23H25FN6O. The number of nitrogen functional groups attached to an aromatic ring is 1. The summed E-state index contributed by atoms with van der Waals surface area (Å²) >= 11 is 0. The number of carbonyl (C=O) groups excluding carboxylic acids is 1. The van der Waals surface area contributed by atoms with Gasteiger partial charge in [-0.2, -0.15) is 5.10 Å². The van der Waals surface area contributed by atoms with Crippen molar-refractivity contribution in [3.8, 4) is 11.1 Å². The third kappa shape index (κ3) is 3.32. The van der Waals surface area contributed by atoms with Crippen molar-refractivity contribution in [3.05, 3.63) is 59.3 Å². The number of amides is 1. The second-order valence-corrected chi connectivity index (χ2v) is 8.39. The Morgan fingerprint density at radius 3 is 2.84 bits per heavy atom. The number of fused-ring (bicyclic) bond motifs is 8. The van der Waals surface area contributed by atoms with Crippen LogP contribution in [0, 0.1) is 5.82 Å². The molecule has 0 radical (unpaired) electrons. The lowest BCUT2D eigenvalue weighted by Gasteiger charge is -2.39. The Hall–Kier alpha value is -3.42. The Morgan fingerprint density at radius 1 is 1.16 bits per heavy atom. The van der Waals surface area contributed by atoms with Crippen molar-refractivity contribution in [2.75, 3.05) is 24.2 Å². The normalized spacial score (nSPS) is 18.5. The maximum absolute atomic E-state index is 14.3. The summed E-state index contributed by atoms with van der Waals surface area (Å²) in [5.41, 5.74) is 10.9. The summed E-state index contributed by atoms with van der Waals surface area (Å²) in [6, 6.07) is 6.34. The van der Waals surface area contributed by atoms with Crippen LogP contribution in [0.15, 0.2) is 36.7 Å². The third-order valence-corrected chi connectivity index (χ3v) is 6.26. The molecule has 0 spiro atoms. The minimum Gasteiger partial charge on any atom is -0.382 e. The third-order valence-electron chi connectivity index (χ3n) is 6.26. The average Bonchev–Trinajstić information content (AvgIpc) is 3.13. The van der Waals surface area contributed by atoms with Gasteiger partial charge in [0, 0.05) is 49.7 Å². The van der Waals surface area contributed by atoms with Crippen LogP contribution in [0.1, 0.15) is 46.9 Å². The van der Waals surface area contributed by atoms with E-state index < -0.39 is 0 Å². The summed E-state index contributed by atoms with van der Waals surface area (Å²) in [5, 5.41) is 4.58. The minimum absolute atomic E-state index is 0.146. The maximum Gasteiger partial charge on any atom is 0.254 e. The predicted octanol–water partition coefficient (Wildman–Crippen LogP) is 3.52. The predicted molar refractivity (Wildman–Crippen MR) is 117 cm³/mol. The average molecular weight is 420 g/mol. The number of piperidine rings is 1. The van der Waals surface area contributed by atoms with Gasteiger partial charge in [-0.15, -0.1) is 0 Å². The zero-order chi connectivity index (χ0) is 21.7. The fraction of sp³-hybridized carbons (Fsp3) is 0.348. The van der Waals surface area contributed by atoms with Crippen LogP contribution in [0.3, 0.4) is 0 Å². The van der Waals surface area contributed by atoms with E-state index in [1.54, 1.807) is 28.9 Å². The number of hydrogen-bond donors (Lipinski definition) is 1. The quantitative estimate of drug-likeness (QED) is 0.602. The van der Waals surface area contributed by atoms with Crippen LogP contribution < -0.4 is 10.6 Å². The Morgan fingerprint density at radius 2 is 2.00 bits per heavy atom. The van der Waals surface area contributed by atoms with Crippen molar-refractivity contribution in [1.82, 2.24) is 19.7 Å². The van der Waals surface area contributed by atoms with Crippen LogP contribution >= 0.6 is 0 Å². The van der Waals surface area contributed by atoms with Gasteiger partial charge >= 0.3 is 0 Å². The van der Waals surface area contributed by atoms with Crippen LogP contribution in [0.4, 0.5) is 15.9 Å².